The van der Waals surface area contributed by atoms with Crippen molar-refractivity contribution in [3.05, 3.63) is 39.4 Å². The molecule has 0 aliphatic heterocycles. The fourth-order valence-corrected chi connectivity index (χ4v) is 3.19. The van der Waals surface area contributed by atoms with Gasteiger partial charge in [-0.3, -0.25) is 0 Å². The van der Waals surface area contributed by atoms with Crippen molar-refractivity contribution < 1.29 is 8.91 Å². The number of halogens is 2. The van der Waals surface area contributed by atoms with Gasteiger partial charge >= 0.3 is 0 Å². The van der Waals surface area contributed by atoms with E-state index in [2.05, 4.69) is 33.0 Å². The number of aromatic nitrogens is 2. The van der Waals surface area contributed by atoms with Crippen LogP contribution in [-0.2, 0) is 6.42 Å². The lowest BCUT2D eigenvalue weighted by Crippen LogP contribution is -1.86. The van der Waals surface area contributed by atoms with Crippen molar-refractivity contribution in [2.24, 2.45) is 0 Å². The molecule has 108 valence electrons. The van der Waals surface area contributed by atoms with Crippen molar-refractivity contribution in [2.75, 3.05) is 5.73 Å². The summed E-state index contributed by atoms with van der Waals surface area (Å²) in [6, 6.07) is 6.26. The molecule has 0 aliphatic rings. The second-order valence-corrected chi connectivity index (χ2v) is 6.41. The first kappa shape index (κ1) is 14.2. The van der Waals surface area contributed by atoms with Crippen LogP contribution < -0.4 is 5.73 Å². The average molecular weight is 368 g/mol. The summed E-state index contributed by atoms with van der Waals surface area (Å²) < 4.78 is 19.3. The number of nitrogens with two attached hydrogens (primary N) is 1. The van der Waals surface area contributed by atoms with E-state index in [1.807, 2.05) is 6.07 Å². The lowest BCUT2D eigenvalue weighted by Gasteiger charge is -1.98. The summed E-state index contributed by atoms with van der Waals surface area (Å²) in [6.45, 7) is 2.05. The summed E-state index contributed by atoms with van der Waals surface area (Å²) in [7, 11) is 0. The second-order valence-electron chi connectivity index (χ2n) is 4.39. The molecule has 0 bridgehead atoms. The van der Waals surface area contributed by atoms with E-state index in [-0.39, 0.29) is 5.82 Å². The third-order valence-electron chi connectivity index (χ3n) is 2.99. The van der Waals surface area contributed by atoms with Gasteiger partial charge in [0, 0.05) is 14.9 Å². The normalized spacial score (nSPS) is 11.0. The molecule has 0 saturated carbocycles. The van der Waals surface area contributed by atoms with Crippen LogP contribution in [-0.4, -0.2) is 10.1 Å². The molecule has 2 heterocycles. The van der Waals surface area contributed by atoms with E-state index in [1.165, 1.54) is 23.5 Å². The Balaban J connectivity index is 2.03. The molecule has 0 atom stereocenters. The highest BCUT2D eigenvalue weighted by molar-refractivity contribution is 9.10. The fraction of sp³-hybridized carbons (Fsp3) is 0.143. The van der Waals surface area contributed by atoms with E-state index in [4.69, 9.17) is 10.3 Å². The van der Waals surface area contributed by atoms with Gasteiger partial charge in [-0.15, -0.1) is 11.3 Å². The smallest absolute Gasteiger partial charge is 0.261 e. The van der Waals surface area contributed by atoms with E-state index in [0.717, 1.165) is 16.9 Å². The van der Waals surface area contributed by atoms with E-state index in [9.17, 15) is 4.39 Å². The Labute approximate surface area is 132 Å². The van der Waals surface area contributed by atoms with Gasteiger partial charge in [-0.1, -0.05) is 28.0 Å². The highest BCUT2D eigenvalue weighted by Gasteiger charge is 2.17. The number of benzene rings is 1. The largest absolute Gasteiger partial charge is 0.390 e. The highest BCUT2D eigenvalue weighted by atomic mass is 79.9. The van der Waals surface area contributed by atoms with E-state index < -0.39 is 0 Å². The van der Waals surface area contributed by atoms with Crippen molar-refractivity contribution in [3.8, 4) is 22.8 Å². The Morgan fingerprint density at radius 2 is 2.14 bits per heavy atom. The van der Waals surface area contributed by atoms with Crippen LogP contribution in [0.15, 0.2) is 33.3 Å². The van der Waals surface area contributed by atoms with E-state index >= 15 is 0 Å². The zero-order valence-corrected chi connectivity index (χ0v) is 13.5. The first-order valence-electron chi connectivity index (χ1n) is 6.26. The number of thiophene rings is 1. The number of aryl methyl sites for hydroxylation is 1. The van der Waals surface area contributed by atoms with Gasteiger partial charge in [0.05, 0.1) is 10.6 Å². The third kappa shape index (κ3) is 2.71. The van der Waals surface area contributed by atoms with Crippen LogP contribution in [0.4, 0.5) is 9.39 Å². The van der Waals surface area contributed by atoms with Gasteiger partial charge in [0.2, 0.25) is 5.82 Å². The van der Waals surface area contributed by atoms with Crippen LogP contribution in [0, 0.1) is 5.82 Å². The lowest BCUT2D eigenvalue weighted by atomic mass is 10.2. The van der Waals surface area contributed by atoms with E-state index in [1.54, 1.807) is 6.07 Å². The molecule has 3 aromatic rings. The molecule has 0 saturated heterocycles. The van der Waals surface area contributed by atoms with Crippen LogP contribution in [0.2, 0.25) is 0 Å². The first-order chi connectivity index (χ1) is 10.1. The highest BCUT2D eigenvalue weighted by Crippen LogP contribution is 2.35. The summed E-state index contributed by atoms with van der Waals surface area (Å²) in [4.78, 5) is 5.46. The summed E-state index contributed by atoms with van der Waals surface area (Å²) in [5.41, 5.74) is 7.23. The molecular formula is C14H11BrFN3OS. The topological polar surface area (TPSA) is 64.9 Å². The number of nitrogens with zero attached hydrogens (tertiary/aromatic N) is 2. The van der Waals surface area contributed by atoms with Crippen molar-refractivity contribution >= 4 is 32.3 Å². The molecule has 3 rings (SSSR count). The monoisotopic (exact) mass is 367 g/mol. The summed E-state index contributed by atoms with van der Waals surface area (Å²) >= 11 is 4.85. The SMILES string of the molecule is CCc1cc(-c2nc(-c3cc(F)ccc3Br)no2)c(N)s1. The number of nitrogen functional groups attached to an aromatic ring is 1. The Kier molecular flexibility index (Phi) is 3.77. The maximum absolute atomic E-state index is 13.4. The maximum atomic E-state index is 13.4. The number of rotatable bonds is 3. The average Bonchev–Trinajstić information content (AvgIpc) is 3.07. The van der Waals surface area contributed by atoms with E-state index in [0.29, 0.717) is 26.8 Å². The van der Waals surface area contributed by atoms with Crippen molar-refractivity contribution in [2.45, 2.75) is 13.3 Å². The second kappa shape index (κ2) is 5.57. The minimum absolute atomic E-state index is 0.319. The first-order valence-corrected chi connectivity index (χ1v) is 7.87. The third-order valence-corrected chi connectivity index (χ3v) is 4.79. The molecule has 0 fully saturated rings. The van der Waals surface area contributed by atoms with Gasteiger partial charge in [0.25, 0.3) is 5.89 Å². The zero-order valence-electron chi connectivity index (χ0n) is 11.1. The molecule has 7 heteroatoms. The van der Waals surface area contributed by atoms with Gasteiger partial charge in [-0.25, -0.2) is 4.39 Å². The predicted octanol–water partition coefficient (Wildman–Crippen LogP) is 4.51. The lowest BCUT2D eigenvalue weighted by molar-refractivity contribution is 0.432. The van der Waals surface area contributed by atoms with Gasteiger partial charge in [0.1, 0.15) is 5.82 Å². The molecule has 4 nitrogen and oxygen atoms in total. The van der Waals surface area contributed by atoms with Crippen LogP contribution in [0.5, 0.6) is 0 Å². The van der Waals surface area contributed by atoms with Gasteiger partial charge in [-0.2, -0.15) is 4.98 Å². The Bertz CT molecular complexity index is 799. The summed E-state index contributed by atoms with van der Waals surface area (Å²) in [5.74, 6) is 0.303. The van der Waals surface area contributed by atoms with Gasteiger partial charge in [0.15, 0.2) is 0 Å². The maximum Gasteiger partial charge on any atom is 0.261 e. The molecule has 2 aromatic heterocycles. The standard InChI is InChI=1S/C14H11BrFN3OS/c1-2-8-6-10(12(17)21-8)14-18-13(19-20-14)9-5-7(16)3-4-11(9)15/h3-6H,2,17H2,1H3. The Hall–Kier alpha value is -1.73. The predicted molar refractivity (Wildman–Crippen MR) is 84.5 cm³/mol. The molecule has 2 N–H and O–H groups in total. The minimum atomic E-state index is -0.358. The van der Waals surface area contributed by atoms with Crippen LogP contribution in [0.25, 0.3) is 22.8 Å². The molecular weight excluding hydrogens is 357 g/mol. The summed E-state index contributed by atoms with van der Waals surface area (Å²) in [5, 5.41) is 4.55. The van der Waals surface area contributed by atoms with Crippen LogP contribution in [0.3, 0.4) is 0 Å². The Morgan fingerprint density at radius 1 is 1.33 bits per heavy atom. The van der Waals surface area contributed by atoms with Crippen LogP contribution in [0.1, 0.15) is 11.8 Å². The molecule has 0 spiro atoms. The molecule has 0 aliphatic carbocycles. The molecule has 21 heavy (non-hydrogen) atoms. The number of hydrogen-bond donors (Lipinski definition) is 1. The van der Waals surface area contributed by atoms with Gasteiger partial charge in [-0.05, 0) is 30.7 Å². The minimum Gasteiger partial charge on any atom is -0.390 e. The van der Waals surface area contributed by atoms with Crippen LogP contribution >= 0.6 is 27.3 Å². The van der Waals surface area contributed by atoms with Crippen molar-refractivity contribution in [1.29, 1.82) is 0 Å². The zero-order chi connectivity index (χ0) is 15.0. The molecule has 0 radical (unpaired) electrons. The molecule has 0 unspecified atom stereocenters. The number of hydrogen-bond acceptors (Lipinski definition) is 5. The molecule has 0 amide bonds. The van der Waals surface area contributed by atoms with Crippen molar-refractivity contribution in [1.82, 2.24) is 10.1 Å². The fourth-order valence-electron chi connectivity index (χ4n) is 1.91. The summed E-state index contributed by atoms with van der Waals surface area (Å²) in [6.07, 6.45) is 0.894. The number of anilines is 1. The van der Waals surface area contributed by atoms with Gasteiger partial charge < -0.3 is 10.3 Å². The quantitative estimate of drug-likeness (QED) is 0.739. The molecule has 1 aromatic carbocycles. The Morgan fingerprint density at radius 3 is 2.86 bits per heavy atom. The van der Waals surface area contributed by atoms with Crippen molar-refractivity contribution in [3.63, 3.8) is 0 Å².